The number of thiol groups is 1. The van der Waals surface area contributed by atoms with E-state index in [0.717, 1.165) is 0 Å². The Labute approximate surface area is 209 Å². The molecular formula is C24H40BBrNS3. The van der Waals surface area contributed by atoms with E-state index >= 15 is 0 Å². The minimum absolute atomic E-state index is 1.25. The number of hydrogen-bond acceptors (Lipinski definition) is 4. The molecule has 0 atom stereocenters. The topological polar surface area (TPSA) is 12.4 Å². The van der Waals surface area contributed by atoms with E-state index in [9.17, 15) is 0 Å². The first-order valence-corrected chi connectivity index (χ1v) is 14.5. The van der Waals surface area contributed by atoms with Crippen molar-refractivity contribution in [3.8, 4) is 0 Å². The standard InChI is InChI=1S/C12H19BrS.C12H20S.BHNS/c1-2-3-4-5-6-7-8-11-9-10-14-12(11)13;1-2-3-4-5-6-7-8-12-9-10-13-11-12;1-2-3/h9-10H,2-8H2,1H3;9-11H,2-8H2,1H3;3H. The van der Waals surface area contributed by atoms with Gasteiger partial charge in [0.25, 0.3) is 0 Å². The summed E-state index contributed by atoms with van der Waals surface area (Å²) in [6, 6.07) is 4.48. The zero-order valence-corrected chi connectivity index (χ0v) is 23.1. The Morgan fingerprint density at radius 2 is 1.37 bits per heavy atom. The molecule has 0 spiro atoms. The van der Waals surface area contributed by atoms with Gasteiger partial charge in [-0.3, -0.25) is 0 Å². The Balaban J connectivity index is 0.000000497. The molecule has 0 N–H and O–H groups in total. The molecule has 0 bridgehead atoms. The van der Waals surface area contributed by atoms with Gasteiger partial charge in [-0.2, -0.15) is 11.3 Å². The molecule has 0 saturated carbocycles. The van der Waals surface area contributed by atoms with Gasteiger partial charge in [0.05, 0.1) is 3.79 Å². The van der Waals surface area contributed by atoms with Crippen molar-refractivity contribution >= 4 is 59.1 Å². The fourth-order valence-electron chi connectivity index (χ4n) is 3.14. The number of rotatable bonds is 14. The first-order chi connectivity index (χ1) is 14.7. The van der Waals surface area contributed by atoms with Gasteiger partial charge in [0.2, 0.25) is 0 Å². The van der Waals surface area contributed by atoms with Crippen molar-refractivity contribution in [3.05, 3.63) is 43.2 Å². The summed E-state index contributed by atoms with van der Waals surface area (Å²) in [5.41, 5.74) is 3.02. The van der Waals surface area contributed by atoms with E-state index in [-0.39, 0.29) is 0 Å². The van der Waals surface area contributed by atoms with Crippen molar-refractivity contribution in [3.63, 3.8) is 0 Å². The summed E-state index contributed by atoms with van der Waals surface area (Å²) in [5.74, 6) is 0. The van der Waals surface area contributed by atoms with Crippen LogP contribution in [-0.2, 0) is 12.8 Å². The SMILES string of the molecule is CCCCCCCCc1ccsc1.CCCCCCCCc1ccsc1Br.[B]=NS. The Hall–Kier alpha value is 0.0949. The van der Waals surface area contributed by atoms with Gasteiger partial charge >= 0.3 is 24.8 Å². The summed E-state index contributed by atoms with van der Waals surface area (Å²) in [7, 11) is 4.34. The molecular weight excluding hydrogens is 489 g/mol. The van der Waals surface area contributed by atoms with E-state index in [1.54, 1.807) is 11.3 Å². The maximum absolute atomic E-state index is 4.34. The molecule has 0 aliphatic carbocycles. The van der Waals surface area contributed by atoms with Crippen molar-refractivity contribution in [1.29, 1.82) is 0 Å². The molecule has 0 aliphatic heterocycles. The number of unbranched alkanes of at least 4 members (excludes halogenated alkanes) is 10. The summed E-state index contributed by atoms with van der Waals surface area (Å²) < 4.78 is 4.02. The summed E-state index contributed by atoms with van der Waals surface area (Å²) >= 11 is 10.4. The molecule has 0 unspecified atom stereocenters. The first-order valence-electron chi connectivity index (χ1n) is 11.5. The summed E-state index contributed by atoms with van der Waals surface area (Å²) in [6.45, 7) is 4.54. The van der Waals surface area contributed by atoms with Crippen LogP contribution in [0.15, 0.2) is 36.4 Å². The zero-order chi connectivity index (χ0) is 22.3. The van der Waals surface area contributed by atoms with Crippen LogP contribution in [0.4, 0.5) is 0 Å². The molecule has 0 aromatic carbocycles. The number of aryl methyl sites for hydroxylation is 2. The number of thiophene rings is 2. The van der Waals surface area contributed by atoms with E-state index < -0.39 is 0 Å². The van der Waals surface area contributed by atoms with Crippen molar-refractivity contribution < 1.29 is 0 Å². The van der Waals surface area contributed by atoms with Crippen LogP contribution in [0.2, 0.25) is 0 Å². The third-order valence-electron chi connectivity index (χ3n) is 4.89. The fourth-order valence-corrected chi connectivity index (χ4v) is 5.17. The number of nitrogens with zero attached hydrogens (tertiary/aromatic N) is 1. The number of hydrogen-bond donors (Lipinski definition) is 1. The molecule has 2 rings (SSSR count). The van der Waals surface area contributed by atoms with Gasteiger partial charge in [-0.25, -0.2) is 0 Å². The van der Waals surface area contributed by atoms with Crippen LogP contribution in [0.5, 0.6) is 0 Å². The van der Waals surface area contributed by atoms with Gasteiger partial charge in [-0.15, -0.1) is 11.3 Å². The molecule has 0 saturated heterocycles. The summed E-state index contributed by atoms with van der Waals surface area (Å²) in [4.78, 5) is 0. The molecule has 30 heavy (non-hydrogen) atoms. The van der Waals surface area contributed by atoms with Crippen molar-refractivity contribution in [2.24, 2.45) is 4.30 Å². The van der Waals surface area contributed by atoms with E-state index in [1.165, 1.54) is 105 Å². The first kappa shape index (κ1) is 30.1. The molecule has 2 heterocycles. The second-order valence-electron chi connectivity index (χ2n) is 7.50. The van der Waals surface area contributed by atoms with E-state index in [0.29, 0.717) is 0 Å². The zero-order valence-electron chi connectivity index (χ0n) is 19.0. The number of halogens is 1. The average molecular weight is 530 g/mol. The van der Waals surface area contributed by atoms with Crippen molar-refractivity contribution in [1.82, 2.24) is 0 Å². The van der Waals surface area contributed by atoms with E-state index in [4.69, 9.17) is 0 Å². The minimum atomic E-state index is 1.25. The van der Waals surface area contributed by atoms with Gasteiger partial charge < -0.3 is 0 Å². The molecule has 0 fully saturated rings. The molecule has 0 aliphatic rings. The monoisotopic (exact) mass is 528 g/mol. The predicted molar refractivity (Wildman–Crippen MR) is 148 cm³/mol. The van der Waals surface area contributed by atoms with Crippen LogP contribution in [0, 0.1) is 0 Å². The Kier molecular flexibility index (Phi) is 23.8. The maximum atomic E-state index is 4.34. The summed E-state index contributed by atoms with van der Waals surface area (Å²) in [6.07, 6.45) is 19.3. The molecule has 2 aromatic rings. The normalized spacial score (nSPS) is 9.97. The van der Waals surface area contributed by atoms with Gasteiger partial charge in [0.1, 0.15) is 0 Å². The second kappa shape index (κ2) is 23.8. The van der Waals surface area contributed by atoms with Crippen LogP contribution in [0.1, 0.15) is 102 Å². The van der Waals surface area contributed by atoms with Crippen LogP contribution >= 0.6 is 51.4 Å². The van der Waals surface area contributed by atoms with Crippen molar-refractivity contribution in [2.45, 2.75) is 104 Å². The summed E-state index contributed by atoms with van der Waals surface area (Å²) in [5, 5.41) is 6.61. The van der Waals surface area contributed by atoms with Crippen molar-refractivity contribution in [2.75, 3.05) is 0 Å². The molecule has 1 nitrogen and oxygen atoms in total. The van der Waals surface area contributed by atoms with Gasteiger partial charge in [-0.1, -0.05) is 78.1 Å². The third-order valence-corrected chi connectivity index (χ3v) is 7.44. The Morgan fingerprint density at radius 1 is 0.833 bits per heavy atom. The third kappa shape index (κ3) is 18.8. The molecule has 6 heteroatoms. The quantitative estimate of drug-likeness (QED) is 0.142. The molecule has 1 radical (unpaired) electrons. The van der Waals surface area contributed by atoms with Crippen LogP contribution in [-0.4, -0.2) is 7.64 Å². The Bertz CT molecular complexity index is 587. The molecule has 169 valence electrons. The average Bonchev–Trinajstić information content (AvgIpc) is 3.40. The molecule has 0 amide bonds. The van der Waals surface area contributed by atoms with E-state index in [1.807, 2.05) is 11.3 Å². The van der Waals surface area contributed by atoms with Crippen LogP contribution in [0.25, 0.3) is 0 Å². The Morgan fingerprint density at radius 3 is 1.83 bits per heavy atom. The predicted octanol–water partition coefficient (Wildman–Crippen LogP) is 10.2. The van der Waals surface area contributed by atoms with Gasteiger partial charge in [0, 0.05) is 0 Å². The van der Waals surface area contributed by atoms with Gasteiger partial charge in [0.15, 0.2) is 0 Å². The second-order valence-corrected chi connectivity index (χ2v) is 10.7. The van der Waals surface area contributed by atoms with Crippen LogP contribution < -0.4 is 0 Å². The fraction of sp³-hybridized carbons (Fsp3) is 0.667. The molecule has 2 aromatic heterocycles. The van der Waals surface area contributed by atoms with Crippen LogP contribution in [0.3, 0.4) is 0 Å². The van der Waals surface area contributed by atoms with E-state index in [2.05, 4.69) is 82.8 Å². The van der Waals surface area contributed by atoms with Gasteiger partial charge in [-0.05, 0) is 81.0 Å².